The maximum Gasteiger partial charge on any atom is 0.330 e. The number of nitrogens with zero attached hydrogens (tertiary/aromatic N) is 3. The van der Waals surface area contributed by atoms with Crippen molar-refractivity contribution in [2.24, 2.45) is 0 Å². The SMILES string of the molecule is CCCCn1c(N)c(N(CCC)C(=O)CCc2ncc(-c3ccccc3)o2)c(=O)[nH]c1=O. The molecule has 32 heavy (non-hydrogen) atoms. The van der Waals surface area contributed by atoms with Gasteiger partial charge in [0.25, 0.3) is 5.56 Å². The Morgan fingerprint density at radius 2 is 1.94 bits per heavy atom. The molecule has 0 bridgehead atoms. The molecular formula is C23H29N5O4. The third-order valence-corrected chi connectivity index (χ3v) is 5.13. The quantitative estimate of drug-likeness (QED) is 0.500. The molecule has 0 saturated heterocycles. The fourth-order valence-electron chi connectivity index (χ4n) is 3.47. The fourth-order valence-corrected chi connectivity index (χ4v) is 3.47. The van der Waals surface area contributed by atoms with Crippen molar-refractivity contribution in [3.05, 3.63) is 63.3 Å². The summed E-state index contributed by atoms with van der Waals surface area (Å²) in [6.45, 7) is 4.57. The topological polar surface area (TPSA) is 127 Å². The monoisotopic (exact) mass is 439 g/mol. The summed E-state index contributed by atoms with van der Waals surface area (Å²) in [5, 5.41) is 0. The van der Waals surface area contributed by atoms with Gasteiger partial charge in [-0.25, -0.2) is 9.78 Å². The fraction of sp³-hybridized carbons (Fsp3) is 0.391. The van der Waals surface area contributed by atoms with Crippen LogP contribution < -0.4 is 21.9 Å². The number of carbonyl (C=O) groups excluding carboxylic acids is 1. The molecule has 0 saturated carbocycles. The first kappa shape index (κ1) is 23.1. The number of amides is 1. The van der Waals surface area contributed by atoms with Crippen molar-refractivity contribution in [3.63, 3.8) is 0 Å². The molecule has 170 valence electrons. The van der Waals surface area contributed by atoms with Gasteiger partial charge in [-0.3, -0.25) is 19.1 Å². The second kappa shape index (κ2) is 10.6. The van der Waals surface area contributed by atoms with Crippen LogP contribution in [0.2, 0.25) is 0 Å². The summed E-state index contributed by atoms with van der Waals surface area (Å²) in [6.07, 6.45) is 4.20. The van der Waals surface area contributed by atoms with Gasteiger partial charge in [0.1, 0.15) is 5.82 Å². The Kier molecular flexibility index (Phi) is 7.64. The average Bonchev–Trinajstić information content (AvgIpc) is 3.26. The molecule has 3 aromatic rings. The zero-order valence-electron chi connectivity index (χ0n) is 18.5. The van der Waals surface area contributed by atoms with E-state index in [-0.39, 0.29) is 30.3 Å². The molecule has 9 heteroatoms. The zero-order chi connectivity index (χ0) is 23.1. The molecule has 0 aliphatic rings. The first-order valence-electron chi connectivity index (χ1n) is 10.9. The lowest BCUT2D eigenvalue weighted by Crippen LogP contribution is -2.41. The molecular weight excluding hydrogens is 410 g/mol. The minimum atomic E-state index is -0.662. The van der Waals surface area contributed by atoms with Crippen LogP contribution in [-0.2, 0) is 17.8 Å². The van der Waals surface area contributed by atoms with Gasteiger partial charge in [-0.05, 0) is 12.8 Å². The smallest absolute Gasteiger partial charge is 0.330 e. The van der Waals surface area contributed by atoms with Gasteiger partial charge in [-0.2, -0.15) is 0 Å². The number of oxazole rings is 1. The molecule has 0 fully saturated rings. The third-order valence-electron chi connectivity index (χ3n) is 5.13. The van der Waals surface area contributed by atoms with Gasteiger partial charge in [-0.15, -0.1) is 0 Å². The summed E-state index contributed by atoms with van der Waals surface area (Å²) in [5.41, 5.74) is 5.88. The number of benzene rings is 1. The molecule has 9 nitrogen and oxygen atoms in total. The van der Waals surface area contributed by atoms with E-state index >= 15 is 0 Å². The lowest BCUT2D eigenvalue weighted by molar-refractivity contribution is -0.118. The Hall–Kier alpha value is -3.62. The van der Waals surface area contributed by atoms with Crippen LogP contribution in [0.15, 0.2) is 50.5 Å². The number of anilines is 2. The van der Waals surface area contributed by atoms with Crippen LogP contribution in [0.3, 0.4) is 0 Å². The summed E-state index contributed by atoms with van der Waals surface area (Å²) in [7, 11) is 0. The summed E-state index contributed by atoms with van der Waals surface area (Å²) in [4.78, 5) is 45.7. The van der Waals surface area contributed by atoms with Crippen LogP contribution in [0.25, 0.3) is 11.3 Å². The highest BCUT2D eigenvalue weighted by Gasteiger charge is 2.24. The Morgan fingerprint density at radius 1 is 1.19 bits per heavy atom. The highest BCUT2D eigenvalue weighted by atomic mass is 16.4. The highest BCUT2D eigenvalue weighted by Crippen LogP contribution is 2.22. The Labute approximate surface area is 185 Å². The lowest BCUT2D eigenvalue weighted by atomic mass is 10.2. The number of nitrogens with two attached hydrogens (primary N) is 1. The number of H-pyrrole nitrogens is 1. The first-order chi connectivity index (χ1) is 15.5. The van der Waals surface area contributed by atoms with Crippen molar-refractivity contribution >= 4 is 17.4 Å². The number of nitrogens with one attached hydrogen (secondary N) is 1. The summed E-state index contributed by atoms with van der Waals surface area (Å²) < 4.78 is 7.09. The molecule has 1 amide bonds. The Bertz CT molecular complexity index is 1160. The van der Waals surface area contributed by atoms with E-state index in [0.717, 1.165) is 18.4 Å². The third kappa shape index (κ3) is 5.16. The number of aromatic amines is 1. The predicted molar refractivity (Wildman–Crippen MR) is 124 cm³/mol. The van der Waals surface area contributed by atoms with Crippen molar-refractivity contribution in [2.75, 3.05) is 17.2 Å². The van der Waals surface area contributed by atoms with Crippen LogP contribution in [0.1, 0.15) is 45.4 Å². The number of rotatable bonds is 10. The average molecular weight is 440 g/mol. The van der Waals surface area contributed by atoms with E-state index in [1.807, 2.05) is 44.2 Å². The molecule has 0 spiro atoms. The van der Waals surface area contributed by atoms with Gasteiger partial charge in [0.15, 0.2) is 17.3 Å². The number of nitrogen functional groups attached to an aromatic ring is 1. The Morgan fingerprint density at radius 3 is 2.62 bits per heavy atom. The van der Waals surface area contributed by atoms with Crippen molar-refractivity contribution in [2.45, 2.75) is 52.5 Å². The molecule has 3 rings (SSSR count). The number of carbonyl (C=O) groups is 1. The van der Waals surface area contributed by atoms with Crippen molar-refractivity contribution in [1.29, 1.82) is 0 Å². The first-order valence-corrected chi connectivity index (χ1v) is 10.9. The van der Waals surface area contributed by atoms with E-state index < -0.39 is 11.2 Å². The normalized spacial score (nSPS) is 10.9. The van der Waals surface area contributed by atoms with E-state index in [1.165, 1.54) is 9.47 Å². The number of unbranched alkanes of at least 4 members (excludes halogenated alkanes) is 1. The highest BCUT2D eigenvalue weighted by molar-refractivity contribution is 5.95. The van der Waals surface area contributed by atoms with E-state index in [4.69, 9.17) is 10.2 Å². The van der Waals surface area contributed by atoms with Crippen LogP contribution in [0, 0.1) is 0 Å². The predicted octanol–water partition coefficient (Wildman–Crippen LogP) is 2.95. The molecule has 0 aliphatic carbocycles. The summed E-state index contributed by atoms with van der Waals surface area (Å²) in [6, 6.07) is 9.57. The molecule has 0 unspecified atom stereocenters. The van der Waals surface area contributed by atoms with Gasteiger partial charge >= 0.3 is 5.69 Å². The van der Waals surface area contributed by atoms with Crippen molar-refractivity contribution in [1.82, 2.24) is 14.5 Å². The number of hydrogen-bond donors (Lipinski definition) is 2. The van der Waals surface area contributed by atoms with Crippen LogP contribution in [0.5, 0.6) is 0 Å². The minimum Gasteiger partial charge on any atom is -0.441 e. The van der Waals surface area contributed by atoms with Crippen LogP contribution in [-0.4, -0.2) is 27.0 Å². The molecule has 0 atom stereocenters. The van der Waals surface area contributed by atoms with Gasteiger partial charge in [0.05, 0.1) is 6.20 Å². The molecule has 2 aromatic heterocycles. The van der Waals surface area contributed by atoms with Gasteiger partial charge in [0.2, 0.25) is 5.91 Å². The lowest BCUT2D eigenvalue weighted by Gasteiger charge is -2.24. The summed E-state index contributed by atoms with van der Waals surface area (Å²) >= 11 is 0. The summed E-state index contributed by atoms with van der Waals surface area (Å²) in [5.74, 6) is 0.784. The van der Waals surface area contributed by atoms with Gasteiger partial charge in [0, 0.05) is 31.5 Å². The second-order valence-electron chi connectivity index (χ2n) is 7.53. The second-order valence-corrected chi connectivity index (χ2v) is 7.53. The molecule has 0 aliphatic heterocycles. The molecule has 1 aromatic carbocycles. The maximum atomic E-state index is 13.1. The molecule has 2 heterocycles. The number of aryl methyl sites for hydroxylation is 1. The molecule has 0 radical (unpaired) electrons. The van der Waals surface area contributed by atoms with Crippen molar-refractivity contribution < 1.29 is 9.21 Å². The van der Waals surface area contributed by atoms with Gasteiger partial charge in [-0.1, -0.05) is 50.6 Å². The van der Waals surface area contributed by atoms with E-state index in [1.54, 1.807) is 6.20 Å². The van der Waals surface area contributed by atoms with E-state index in [2.05, 4.69) is 9.97 Å². The zero-order valence-corrected chi connectivity index (χ0v) is 18.5. The van der Waals surface area contributed by atoms with Crippen LogP contribution in [0.4, 0.5) is 11.5 Å². The number of aromatic nitrogens is 3. The largest absolute Gasteiger partial charge is 0.441 e. The van der Waals surface area contributed by atoms with E-state index in [0.29, 0.717) is 31.2 Å². The maximum absolute atomic E-state index is 13.1. The standard InChI is InChI=1S/C23H29N5O4/c1-3-5-14-28-21(24)20(22(30)26-23(28)31)27(13-4-2)19(29)12-11-18-25-15-17(32-18)16-9-7-6-8-10-16/h6-10,15H,3-5,11-14,24H2,1-2H3,(H,26,30,31). The molecule has 3 N–H and O–H groups in total. The van der Waals surface area contributed by atoms with Crippen molar-refractivity contribution in [3.8, 4) is 11.3 Å². The Balaban J connectivity index is 1.80. The minimum absolute atomic E-state index is 0.0106. The van der Waals surface area contributed by atoms with Crippen LogP contribution >= 0.6 is 0 Å². The number of hydrogen-bond acceptors (Lipinski definition) is 6. The van der Waals surface area contributed by atoms with Gasteiger partial charge < -0.3 is 15.1 Å². The van der Waals surface area contributed by atoms with E-state index in [9.17, 15) is 14.4 Å².